The highest BCUT2D eigenvalue weighted by atomic mass is 16.3. The predicted octanol–water partition coefficient (Wildman–Crippen LogP) is 2.26. The first-order valence-corrected chi connectivity index (χ1v) is 9.59. The highest BCUT2D eigenvalue weighted by molar-refractivity contribution is 5.93. The molecule has 3 aromatic rings. The number of fused-ring (bicyclic) bond motifs is 1. The van der Waals surface area contributed by atoms with Crippen molar-refractivity contribution in [2.45, 2.75) is 39.4 Å². The normalized spacial score (nSPS) is 15.8. The zero-order chi connectivity index (χ0) is 20.4. The Hall–Kier alpha value is -3.42. The summed E-state index contributed by atoms with van der Waals surface area (Å²) in [5, 5.41) is 2.89. The van der Waals surface area contributed by atoms with Gasteiger partial charge in [0.25, 0.3) is 5.91 Å². The number of aryl methyl sites for hydroxylation is 1. The molecule has 150 valence electrons. The molecule has 1 atom stereocenters. The Kier molecular flexibility index (Phi) is 5.16. The zero-order valence-corrected chi connectivity index (χ0v) is 16.5. The number of hydrogen-bond donors (Lipinski definition) is 1. The SMILES string of the molecule is Cc1ccoc1C(=O)N1CCn2cc(CC(=O)NCc3cccnc3)nc2C1C. The average Bonchev–Trinajstić information content (AvgIpc) is 3.33. The average molecular weight is 393 g/mol. The van der Waals surface area contributed by atoms with Gasteiger partial charge in [-0.2, -0.15) is 0 Å². The molecule has 0 saturated heterocycles. The largest absolute Gasteiger partial charge is 0.459 e. The lowest BCUT2D eigenvalue weighted by atomic mass is 10.1. The number of imidazole rings is 1. The van der Waals surface area contributed by atoms with E-state index in [0.29, 0.717) is 31.1 Å². The highest BCUT2D eigenvalue weighted by Crippen LogP contribution is 2.27. The van der Waals surface area contributed by atoms with E-state index >= 15 is 0 Å². The Morgan fingerprint density at radius 1 is 1.31 bits per heavy atom. The monoisotopic (exact) mass is 393 g/mol. The summed E-state index contributed by atoms with van der Waals surface area (Å²) in [6.07, 6.45) is 7.04. The van der Waals surface area contributed by atoms with Crippen molar-refractivity contribution in [2.24, 2.45) is 0 Å². The van der Waals surface area contributed by atoms with Crippen LogP contribution in [0.15, 0.2) is 47.5 Å². The fourth-order valence-corrected chi connectivity index (χ4v) is 3.56. The standard InChI is InChI=1S/C21H23N5O3/c1-14-5-9-29-19(14)21(28)26-8-7-25-13-17(24-20(25)15(26)2)10-18(27)23-12-16-4-3-6-22-11-16/h3-6,9,11,13,15H,7-8,10,12H2,1-2H3,(H,23,27). The first-order chi connectivity index (χ1) is 14.0. The second-order valence-electron chi connectivity index (χ2n) is 7.21. The molecule has 0 fully saturated rings. The summed E-state index contributed by atoms with van der Waals surface area (Å²) in [4.78, 5) is 35.6. The lowest BCUT2D eigenvalue weighted by molar-refractivity contribution is -0.120. The number of aromatic nitrogens is 3. The summed E-state index contributed by atoms with van der Waals surface area (Å²) < 4.78 is 7.38. The Morgan fingerprint density at radius 3 is 2.90 bits per heavy atom. The van der Waals surface area contributed by atoms with Crippen LogP contribution in [-0.4, -0.2) is 37.8 Å². The number of pyridine rings is 1. The Morgan fingerprint density at radius 2 is 2.17 bits per heavy atom. The summed E-state index contributed by atoms with van der Waals surface area (Å²) in [5.74, 6) is 0.914. The van der Waals surface area contributed by atoms with Gasteiger partial charge in [0.2, 0.25) is 5.91 Å². The number of nitrogens with one attached hydrogen (secondary N) is 1. The van der Waals surface area contributed by atoms with E-state index < -0.39 is 0 Å². The molecule has 0 spiro atoms. The maximum Gasteiger partial charge on any atom is 0.290 e. The van der Waals surface area contributed by atoms with Gasteiger partial charge in [0.1, 0.15) is 5.82 Å². The molecule has 0 bridgehead atoms. The van der Waals surface area contributed by atoms with Crippen LogP contribution in [0, 0.1) is 6.92 Å². The third-order valence-corrected chi connectivity index (χ3v) is 5.15. The van der Waals surface area contributed by atoms with E-state index in [1.807, 2.05) is 36.7 Å². The van der Waals surface area contributed by atoms with E-state index in [9.17, 15) is 9.59 Å². The lowest BCUT2D eigenvalue weighted by Crippen LogP contribution is -2.41. The maximum atomic E-state index is 12.8. The molecule has 4 heterocycles. The molecule has 1 unspecified atom stereocenters. The Labute approximate surface area is 168 Å². The number of furan rings is 1. The number of carbonyl (C=O) groups is 2. The van der Waals surface area contributed by atoms with E-state index in [1.54, 1.807) is 23.4 Å². The number of hydrogen-bond acceptors (Lipinski definition) is 5. The van der Waals surface area contributed by atoms with Crippen molar-refractivity contribution in [3.63, 3.8) is 0 Å². The summed E-state index contributed by atoms with van der Waals surface area (Å²) in [6, 6.07) is 5.33. The van der Waals surface area contributed by atoms with E-state index in [0.717, 1.165) is 17.0 Å². The zero-order valence-electron chi connectivity index (χ0n) is 16.5. The summed E-state index contributed by atoms with van der Waals surface area (Å²) in [5.41, 5.74) is 2.46. The van der Waals surface area contributed by atoms with Crippen LogP contribution >= 0.6 is 0 Å². The van der Waals surface area contributed by atoms with Gasteiger partial charge in [-0.3, -0.25) is 14.6 Å². The van der Waals surface area contributed by atoms with Crippen LogP contribution in [0.3, 0.4) is 0 Å². The van der Waals surface area contributed by atoms with Gasteiger partial charge in [-0.05, 0) is 31.5 Å². The van der Waals surface area contributed by atoms with E-state index in [1.165, 1.54) is 6.26 Å². The molecule has 8 nitrogen and oxygen atoms in total. The lowest BCUT2D eigenvalue weighted by Gasteiger charge is -2.33. The Balaban J connectivity index is 1.41. The molecule has 2 amide bonds. The van der Waals surface area contributed by atoms with Crippen molar-refractivity contribution in [3.05, 3.63) is 71.5 Å². The molecule has 3 aromatic heterocycles. The fraction of sp³-hybridized carbons (Fsp3) is 0.333. The summed E-state index contributed by atoms with van der Waals surface area (Å²) >= 11 is 0. The van der Waals surface area contributed by atoms with Gasteiger partial charge >= 0.3 is 0 Å². The van der Waals surface area contributed by atoms with Gasteiger partial charge < -0.3 is 19.2 Å². The summed E-state index contributed by atoms with van der Waals surface area (Å²) in [6.45, 7) is 5.43. The Bertz CT molecular complexity index is 1020. The molecule has 29 heavy (non-hydrogen) atoms. The molecular formula is C21H23N5O3. The van der Waals surface area contributed by atoms with Gasteiger partial charge in [-0.15, -0.1) is 0 Å². The summed E-state index contributed by atoms with van der Waals surface area (Å²) in [7, 11) is 0. The van der Waals surface area contributed by atoms with Gasteiger partial charge in [0.15, 0.2) is 5.76 Å². The first-order valence-electron chi connectivity index (χ1n) is 9.59. The van der Waals surface area contributed by atoms with E-state index in [4.69, 9.17) is 4.42 Å². The quantitative estimate of drug-likeness (QED) is 0.718. The molecule has 1 aliphatic heterocycles. The van der Waals surface area contributed by atoms with Gasteiger partial charge in [0.05, 0.1) is 24.4 Å². The van der Waals surface area contributed by atoms with Crippen molar-refractivity contribution >= 4 is 11.8 Å². The van der Waals surface area contributed by atoms with E-state index in [-0.39, 0.29) is 24.3 Å². The van der Waals surface area contributed by atoms with Crippen molar-refractivity contribution < 1.29 is 14.0 Å². The predicted molar refractivity (Wildman–Crippen MR) is 105 cm³/mol. The van der Waals surface area contributed by atoms with Crippen LogP contribution in [-0.2, 0) is 24.3 Å². The van der Waals surface area contributed by atoms with Gasteiger partial charge in [-0.1, -0.05) is 6.07 Å². The van der Waals surface area contributed by atoms with Crippen LogP contribution in [0.5, 0.6) is 0 Å². The molecule has 1 aliphatic rings. The van der Waals surface area contributed by atoms with Crippen molar-refractivity contribution in [2.75, 3.05) is 6.54 Å². The van der Waals surface area contributed by atoms with Crippen molar-refractivity contribution in [1.29, 1.82) is 0 Å². The van der Waals surface area contributed by atoms with Crippen LogP contribution < -0.4 is 5.32 Å². The van der Waals surface area contributed by atoms with Gasteiger partial charge in [-0.25, -0.2) is 4.98 Å². The van der Waals surface area contributed by atoms with Crippen LogP contribution in [0.25, 0.3) is 0 Å². The fourth-order valence-electron chi connectivity index (χ4n) is 3.56. The van der Waals surface area contributed by atoms with Gasteiger partial charge in [0, 0.05) is 43.8 Å². The molecule has 4 rings (SSSR count). The molecule has 0 radical (unpaired) electrons. The second-order valence-corrected chi connectivity index (χ2v) is 7.21. The second kappa shape index (κ2) is 7.90. The third kappa shape index (κ3) is 3.91. The highest BCUT2D eigenvalue weighted by Gasteiger charge is 2.32. The van der Waals surface area contributed by atoms with Crippen LogP contribution in [0.2, 0.25) is 0 Å². The number of rotatable bonds is 5. The van der Waals surface area contributed by atoms with Crippen LogP contribution in [0.4, 0.5) is 0 Å². The van der Waals surface area contributed by atoms with Crippen LogP contribution in [0.1, 0.15) is 46.2 Å². The molecule has 0 aromatic carbocycles. The number of carbonyl (C=O) groups excluding carboxylic acids is 2. The third-order valence-electron chi connectivity index (χ3n) is 5.15. The minimum absolute atomic E-state index is 0.101. The molecule has 8 heteroatoms. The smallest absolute Gasteiger partial charge is 0.290 e. The molecular weight excluding hydrogens is 370 g/mol. The minimum Gasteiger partial charge on any atom is -0.459 e. The maximum absolute atomic E-state index is 12.8. The topological polar surface area (TPSA) is 93.3 Å². The van der Waals surface area contributed by atoms with Crippen molar-refractivity contribution in [1.82, 2.24) is 24.8 Å². The van der Waals surface area contributed by atoms with Crippen molar-refractivity contribution in [3.8, 4) is 0 Å². The number of amides is 2. The minimum atomic E-state index is -0.201. The number of nitrogens with zero attached hydrogens (tertiary/aromatic N) is 4. The van der Waals surface area contributed by atoms with E-state index in [2.05, 4.69) is 15.3 Å². The molecule has 0 aliphatic carbocycles. The molecule has 0 saturated carbocycles. The molecule has 1 N–H and O–H groups in total. The first kappa shape index (κ1) is 18.9.